The topological polar surface area (TPSA) is 73.8 Å². The average Bonchev–Trinajstić information content (AvgIpc) is 2.81. The molecular formula is C15H28N4O. The Hall–Kier alpha value is -1.23. The second-order valence-corrected chi connectivity index (χ2v) is 5.86. The third-order valence-electron chi connectivity index (χ3n) is 3.57. The fourth-order valence-corrected chi connectivity index (χ4v) is 2.34. The molecule has 1 aromatic heterocycles. The number of nitrogens with zero attached hydrogens (tertiary/aromatic N) is 3. The first-order chi connectivity index (χ1) is 9.56. The lowest BCUT2D eigenvalue weighted by Crippen LogP contribution is -2.15. The van der Waals surface area contributed by atoms with E-state index in [1.54, 1.807) is 0 Å². The molecule has 20 heavy (non-hydrogen) atoms. The standard InChI is InChI=1S/C15H28N4O/c1-4-13(7-8-16)5-6-14(20)9-15-17-11-18-19(15)10-12(2)3/h11-13H,4-10,16H2,1-3H3. The largest absolute Gasteiger partial charge is 0.330 e. The molecule has 0 bridgehead atoms. The molecule has 0 amide bonds. The first-order valence-electron chi connectivity index (χ1n) is 7.65. The highest BCUT2D eigenvalue weighted by molar-refractivity contribution is 5.80. The van der Waals surface area contributed by atoms with Crippen molar-refractivity contribution in [2.45, 2.75) is 59.4 Å². The minimum absolute atomic E-state index is 0.249. The Morgan fingerprint density at radius 2 is 2.15 bits per heavy atom. The second-order valence-electron chi connectivity index (χ2n) is 5.86. The molecule has 1 atom stereocenters. The summed E-state index contributed by atoms with van der Waals surface area (Å²) >= 11 is 0. The number of carbonyl (C=O) groups excluding carboxylic acids is 1. The van der Waals surface area contributed by atoms with Crippen LogP contribution in [0.25, 0.3) is 0 Å². The highest BCUT2D eigenvalue weighted by Crippen LogP contribution is 2.15. The van der Waals surface area contributed by atoms with E-state index in [1.165, 1.54) is 6.33 Å². The van der Waals surface area contributed by atoms with Crippen LogP contribution >= 0.6 is 0 Å². The van der Waals surface area contributed by atoms with Gasteiger partial charge in [-0.05, 0) is 31.2 Å². The third kappa shape index (κ3) is 5.82. The van der Waals surface area contributed by atoms with Gasteiger partial charge in [-0.15, -0.1) is 0 Å². The van der Waals surface area contributed by atoms with Crippen LogP contribution in [0, 0.1) is 11.8 Å². The maximum Gasteiger partial charge on any atom is 0.140 e. The van der Waals surface area contributed by atoms with Crippen LogP contribution in [0.2, 0.25) is 0 Å². The Balaban J connectivity index is 2.44. The lowest BCUT2D eigenvalue weighted by Gasteiger charge is -2.13. The molecule has 0 saturated carbocycles. The molecular weight excluding hydrogens is 252 g/mol. The molecule has 0 fully saturated rings. The number of Topliss-reactive ketones (excluding diaryl/α,β-unsaturated/α-hetero) is 1. The van der Waals surface area contributed by atoms with Crippen molar-refractivity contribution < 1.29 is 4.79 Å². The highest BCUT2D eigenvalue weighted by atomic mass is 16.1. The van der Waals surface area contributed by atoms with Gasteiger partial charge >= 0.3 is 0 Å². The van der Waals surface area contributed by atoms with Gasteiger partial charge in [-0.2, -0.15) is 5.10 Å². The lowest BCUT2D eigenvalue weighted by atomic mass is 9.95. The van der Waals surface area contributed by atoms with E-state index >= 15 is 0 Å². The summed E-state index contributed by atoms with van der Waals surface area (Å²) in [6, 6.07) is 0. The van der Waals surface area contributed by atoms with E-state index in [1.807, 2.05) is 4.68 Å². The maximum atomic E-state index is 12.1. The van der Waals surface area contributed by atoms with Crippen LogP contribution in [-0.2, 0) is 17.8 Å². The summed E-state index contributed by atoms with van der Waals surface area (Å²) in [6.07, 6.45) is 5.58. The molecule has 0 aliphatic heterocycles. The van der Waals surface area contributed by atoms with Crippen molar-refractivity contribution in [3.05, 3.63) is 12.2 Å². The van der Waals surface area contributed by atoms with Gasteiger partial charge in [-0.3, -0.25) is 4.79 Å². The normalized spacial score (nSPS) is 12.8. The summed E-state index contributed by atoms with van der Waals surface area (Å²) < 4.78 is 1.85. The molecule has 114 valence electrons. The molecule has 0 aromatic carbocycles. The van der Waals surface area contributed by atoms with Crippen LogP contribution in [0.15, 0.2) is 6.33 Å². The van der Waals surface area contributed by atoms with Gasteiger partial charge in [0.05, 0.1) is 6.42 Å². The van der Waals surface area contributed by atoms with E-state index in [0.717, 1.165) is 31.6 Å². The van der Waals surface area contributed by atoms with Crippen molar-refractivity contribution in [2.75, 3.05) is 6.54 Å². The summed E-state index contributed by atoms with van der Waals surface area (Å²) in [5.74, 6) is 2.10. The number of carbonyl (C=O) groups is 1. The van der Waals surface area contributed by atoms with Crippen LogP contribution in [0.1, 0.15) is 52.3 Å². The molecule has 0 aliphatic rings. The van der Waals surface area contributed by atoms with Gasteiger partial charge in [0, 0.05) is 13.0 Å². The van der Waals surface area contributed by atoms with Gasteiger partial charge in [0.25, 0.3) is 0 Å². The summed E-state index contributed by atoms with van der Waals surface area (Å²) in [5, 5.41) is 4.19. The summed E-state index contributed by atoms with van der Waals surface area (Å²) in [4.78, 5) is 16.3. The molecule has 0 saturated heterocycles. The number of ketones is 1. The summed E-state index contributed by atoms with van der Waals surface area (Å²) in [5.41, 5.74) is 5.58. The molecule has 5 heteroatoms. The molecule has 2 N–H and O–H groups in total. The van der Waals surface area contributed by atoms with Crippen molar-refractivity contribution in [1.82, 2.24) is 14.8 Å². The lowest BCUT2D eigenvalue weighted by molar-refractivity contribution is -0.118. The monoisotopic (exact) mass is 280 g/mol. The smallest absolute Gasteiger partial charge is 0.140 e. The zero-order valence-electron chi connectivity index (χ0n) is 13.0. The van der Waals surface area contributed by atoms with E-state index in [4.69, 9.17) is 5.73 Å². The van der Waals surface area contributed by atoms with Crippen molar-refractivity contribution in [3.63, 3.8) is 0 Å². The van der Waals surface area contributed by atoms with E-state index < -0.39 is 0 Å². The molecule has 0 radical (unpaired) electrons. The van der Waals surface area contributed by atoms with E-state index in [-0.39, 0.29) is 5.78 Å². The summed E-state index contributed by atoms with van der Waals surface area (Å²) in [6.45, 7) is 7.94. The van der Waals surface area contributed by atoms with Crippen LogP contribution < -0.4 is 5.73 Å². The van der Waals surface area contributed by atoms with Crippen LogP contribution in [0.5, 0.6) is 0 Å². The van der Waals surface area contributed by atoms with Gasteiger partial charge < -0.3 is 5.73 Å². The predicted molar refractivity (Wildman–Crippen MR) is 80.3 cm³/mol. The fraction of sp³-hybridized carbons (Fsp3) is 0.800. The Kier molecular flexibility index (Phi) is 7.44. The zero-order chi connectivity index (χ0) is 15.0. The van der Waals surface area contributed by atoms with Crippen LogP contribution in [-0.4, -0.2) is 27.1 Å². The van der Waals surface area contributed by atoms with Gasteiger partial charge in [0.2, 0.25) is 0 Å². The number of hydrogen-bond acceptors (Lipinski definition) is 4. The number of aromatic nitrogens is 3. The van der Waals surface area contributed by atoms with Gasteiger partial charge in [0.1, 0.15) is 17.9 Å². The predicted octanol–water partition coefficient (Wildman–Crippen LogP) is 2.20. The third-order valence-corrected chi connectivity index (χ3v) is 3.57. The van der Waals surface area contributed by atoms with E-state index in [0.29, 0.717) is 31.2 Å². The summed E-state index contributed by atoms with van der Waals surface area (Å²) in [7, 11) is 0. The van der Waals surface area contributed by atoms with E-state index in [9.17, 15) is 4.79 Å². The minimum Gasteiger partial charge on any atom is -0.330 e. The molecule has 5 nitrogen and oxygen atoms in total. The number of nitrogens with two attached hydrogens (primary N) is 1. The maximum absolute atomic E-state index is 12.1. The Bertz CT molecular complexity index is 400. The molecule has 1 heterocycles. The Morgan fingerprint density at radius 3 is 2.75 bits per heavy atom. The Morgan fingerprint density at radius 1 is 1.40 bits per heavy atom. The molecule has 1 aromatic rings. The quantitative estimate of drug-likeness (QED) is 0.713. The molecule has 0 aliphatic carbocycles. The SMILES string of the molecule is CCC(CCN)CCC(=O)Cc1ncnn1CC(C)C. The van der Waals surface area contributed by atoms with Crippen LogP contribution in [0.4, 0.5) is 0 Å². The van der Waals surface area contributed by atoms with Gasteiger partial charge in [-0.25, -0.2) is 9.67 Å². The van der Waals surface area contributed by atoms with E-state index in [2.05, 4.69) is 30.9 Å². The van der Waals surface area contributed by atoms with Gasteiger partial charge in [-0.1, -0.05) is 27.2 Å². The highest BCUT2D eigenvalue weighted by Gasteiger charge is 2.13. The molecule has 1 unspecified atom stereocenters. The van der Waals surface area contributed by atoms with Crippen molar-refractivity contribution in [2.24, 2.45) is 17.6 Å². The first-order valence-corrected chi connectivity index (χ1v) is 7.65. The van der Waals surface area contributed by atoms with Crippen molar-refractivity contribution in [1.29, 1.82) is 0 Å². The molecule has 0 spiro atoms. The zero-order valence-corrected chi connectivity index (χ0v) is 13.0. The van der Waals surface area contributed by atoms with Crippen molar-refractivity contribution in [3.8, 4) is 0 Å². The first kappa shape index (κ1) is 16.8. The van der Waals surface area contributed by atoms with Crippen molar-refractivity contribution >= 4 is 5.78 Å². The average molecular weight is 280 g/mol. The Labute approximate surface area is 122 Å². The van der Waals surface area contributed by atoms with Gasteiger partial charge in [0.15, 0.2) is 0 Å². The number of rotatable bonds is 10. The molecule has 1 rings (SSSR count). The second kappa shape index (κ2) is 8.84. The fourth-order valence-electron chi connectivity index (χ4n) is 2.34. The van der Waals surface area contributed by atoms with Crippen LogP contribution in [0.3, 0.4) is 0 Å². The minimum atomic E-state index is 0.249. The number of hydrogen-bond donors (Lipinski definition) is 1.